The molecule has 1 aromatic heterocycles. The Balaban J connectivity index is 2.38. The zero-order valence-corrected chi connectivity index (χ0v) is 11.6. The fraction of sp³-hybridized carbons (Fsp3) is 0.500. The van der Waals surface area contributed by atoms with Gasteiger partial charge in [-0.2, -0.15) is 0 Å². The van der Waals surface area contributed by atoms with Gasteiger partial charge in [0.2, 0.25) is 0 Å². The predicted octanol–water partition coefficient (Wildman–Crippen LogP) is 3.17. The first-order valence-electron chi connectivity index (χ1n) is 6.92. The van der Waals surface area contributed by atoms with Gasteiger partial charge in [0.1, 0.15) is 0 Å². The molecule has 0 amide bonds. The molecule has 2 heteroatoms. The van der Waals surface area contributed by atoms with Crippen LogP contribution in [0.5, 0.6) is 0 Å². The third-order valence-corrected chi connectivity index (χ3v) is 4.68. The number of rotatable bonds is 1. The second-order valence-corrected chi connectivity index (χ2v) is 5.65. The Bertz CT molecular complexity index is 607. The third-order valence-electron chi connectivity index (χ3n) is 4.68. The standard InChI is InChI=1S/C16H22N2/c1-10-7-8-14-13-6-4-5-12(9-17)16(13)18(3)15(14)11(10)2/h7-8,12H,4-6,9,17H2,1-3H3. The SMILES string of the molecule is Cc1ccc2c3c(n(C)c2c1C)C(CN)CCC3. The minimum atomic E-state index is 0.547. The molecule has 0 bridgehead atoms. The summed E-state index contributed by atoms with van der Waals surface area (Å²) in [5, 5.41) is 1.45. The largest absolute Gasteiger partial charge is 0.347 e. The monoisotopic (exact) mass is 242 g/mol. The molecule has 0 fully saturated rings. The van der Waals surface area contributed by atoms with Crippen LogP contribution in [-0.2, 0) is 13.5 Å². The molecular weight excluding hydrogens is 220 g/mol. The van der Waals surface area contributed by atoms with Crippen molar-refractivity contribution >= 4 is 10.9 Å². The van der Waals surface area contributed by atoms with E-state index in [1.807, 2.05) is 0 Å². The molecule has 1 heterocycles. The summed E-state index contributed by atoms with van der Waals surface area (Å²) in [6.45, 7) is 5.21. The minimum absolute atomic E-state index is 0.547. The van der Waals surface area contributed by atoms with Crippen LogP contribution in [0.15, 0.2) is 12.1 Å². The number of hydrogen-bond acceptors (Lipinski definition) is 1. The highest BCUT2D eigenvalue weighted by Crippen LogP contribution is 2.38. The second kappa shape index (κ2) is 4.13. The van der Waals surface area contributed by atoms with E-state index in [0.29, 0.717) is 5.92 Å². The van der Waals surface area contributed by atoms with E-state index in [1.54, 1.807) is 5.56 Å². The van der Waals surface area contributed by atoms with E-state index in [2.05, 4.69) is 37.6 Å². The fourth-order valence-electron chi connectivity index (χ4n) is 3.61. The maximum absolute atomic E-state index is 5.96. The molecule has 0 saturated heterocycles. The van der Waals surface area contributed by atoms with Gasteiger partial charge in [0.05, 0.1) is 5.52 Å². The molecule has 2 nitrogen and oxygen atoms in total. The molecule has 3 rings (SSSR count). The topological polar surface area (TPSA) is 30.9 Å². The van der Waals surface area contributed by atoms with Gasteiger partial charge in [-0.1, -0.05) is 12.1 Å². The van der Waals surface area contributed by atoms with E-state index in [4.69, 9.17) is 5.73 Å². The summed E-state index contributed by atoms with van der Waals surface area (Å²) in [7, 11) is 2.21. The highest BCUT2D eigenvalue weighted by molar-refractivity contribution is 5.89. The minimum Gasteiger partial charge on any atom is -0.347 e. The number of hydrogen-bond donors (Lipinski definition) is 1. The molecule has 1 aliphatic rings. The first-order chi connectivity index (χ1) is 8.65. The van der Waals surface area contributed by atoms with Crippen LogP contribution in [0.4, 0.5) is 0 Å². The van der Waals surface area contributed by atoms with Crippen LogP contribution in [0.3, 0.4) is 0 Å². The first-order valence-corrected chi connectivity index (χ1v) is 6.92. The van der Waals surface area contributed by atoms with E-state index < -0.39 is 0 Å². The summed E-state index contributed by atoms with van der Waals surface area (Å²) in [6.07, 6.45) is 3.73. The number of aromatic nitrogens is 1. The predicted molar refractivity (Wildman–Crippen MR) is 77.1 cm³/mol. The van der Waals surface area contributed by atoms with Gasteiger partial charge < -0.3 is 10.3 Å². The maximum Gasteiger partial charge on any atom is 0.0515 e. The second-order valence-electron chi connectivity index (χ2n) is 5.65. The van der Waals surface area contributed by atoms with Crippen molar-refractivity contribution in [2.24, 2.45) is 12.8 Å². The van der Waals surface area contributed by atoms with Gasteiger partial charge >= 0.3 is 0 Å². The number of aryl methyl sites for hydroxylation is 4. The van der Waals surface area contributed by atoms with Crippen molar-refractivity contribution in [2.75, 3.05) is 6.54 Å². The highest BCUT2D eigenvalue weighted by atomic mass is 15.0. The smallest absolute Gasteiger partial charge is 0.0515 e. The molecule has 96 valence electrons. The van der Waals surface area contributed by atoms with E-state index in [0.717, 1.165) is 6.54 Å². The van der Waals surface area contributed by atoms with Gasteiger partial charge in [0.15, 0.2) is 0 Å². The Hall–Kier alpha value is -1.28. The lowest BCUT2D eigenvalue weighted by molar-refractivity contribution is 0.534. The molecule has 0 radical (unpaired) electrons. The summed E-state index contributed by atoms with van der Waals surface area (Å²) >= 11 is 0. The molecule has 1 unspecified atom stereocenters. The van der Waals surface area contributed by atoms with Crippen molar-refractivity contribution in [3.05, 3.63) is 34.5 Å². The number of benzene rings is 1. The van der Waals surface area contributed by atoms with Crippen molar-refractivity contribution < 1.29 is 0 Å². The lowest BCUT2D eigenvalue weighted by Gasteiger charge is -2.23. The quantitative estimate of drug-likeness (QED) is 0.818. The Kier molecular flexibility index (Phi) is 2.70. The Morgan fingerprint density at radius 1 is 1.33 bits per heavy atom. The average Bonchev–Trinajstić information content (AvgIpc) is 2.68. The van der Waals surface area contributed by atoms with Crippen LogP contribution in [0.25, 0.3) is 10.9 Å². The van der Waals surface area contributed by atoms with Crippen molar-refractivity contribution in [3.63, 3.8) is 0 Å². The summed E-state index contributed by atoms with van der Waals surface area (Å²) in [4.78, 5) is 0. The van der Waals surface area contributed by atoms with Gasteiger partial charge in [-0.05, 0) is 49.8 Å². The molecule has 0 spiro atoms. The highest BCUT2D eigenvalue weighted by Gasteiger charge is 2.26. The van der Waals surface area contributed by atoms with Gasteiger partial charge in [-0.15, -0.1) is 0 Å². The van der Waals surface area contributed by atoms with Crippen LogP contribution in [0, 0.1) is 13.8 Å². The van der Waals surface area contributed by atoms with Crippen molar-refractivity contribution in [3.8, 4) is 0 Å². The average molecular weight is 242 g/mol. The molecular formula is C16H22N2. The van der Waals surface area contributed by atoms with Crippen LogP contribution >= 0.6 is 0 Å². The first kappa shape index (κ1) is 11.8. The van der Waals surface area contributed by atoms with E-state index in [-0.39, 0.29) is 0 Å². The lowest BCUT2D eigenvalue weighted by atomic mass is 9.86. The van der Waals surface area contributed by atoms with Crippen molar-refractivity contribution in [1.82, 2.24) is 4.57 Å². The molecule has 1 aromatic carbocycles. The van der Waals surface area contributed by atoms with Gasteiger partial charge in [-0.3, -0.25) is 0 Å². The van der Waals surface area contributed by atoms with Crippen molar-refractivity contribution in [2.45, 2.75) is 39.0 Å². The number of nitrogens with zero attached hydrogens (tertiary/aromatic N) is 1. The molecule has 2 aromatic rings. The Morgan fingerprint density at radius 3 is 2.83 bits per heavy atom. The molecule has 0 aliphatic heterocycles. The number of fused-ring (bicyclic) bond motifs is 3. The van der Waals surface area contributed by atoms with Gasteiger partial charge in [-0.25, -0.2) is 0 Å². The zero-order chi connectivity index (χ0) is 12.9. The fourth-order valence-corrected chi connectivity index (χ4v) is 3.61. The van der Waals surface area contributed by atoms with Crippen LogP contribution < -0.4 is 5.73 Å². The normalized spacial score (nSPS) is 19.2. The summed E-state index contributed by atoms with van der Waals surface area (Å²) in [6, 6.07) is 4.55. The molecule has 2 N–H and O–H groups in total. The molecule has 0 saturated carbocycles. The Morgan fingerprint density at radius 2 is 2.11 bits per heavy atom. The van der Waals surface area contributed by atoms with Gasteiger partial charge in [0, 0.05) is 30.6 Å². The lowest BCUT2D eigenvalue weighted by Crippen LogP contribution is -2.20. The van der Waals surface area contributed by atoms with Gasteiger partial charge in [0.25, 0.3) is 0 Å². The third kappa shape index (κ3) is 1.45. The maximum atomic E-state index is 5.96. The summed E-state index contributed by atoms with van der Waals surface area (Å²) in [5.41, 5.74) is 13.2. The molecule has 1 aliphatic carbocycles. The Labute approximate surface area is 109 Å². The van der Waals surface area contributed by atoms with Crippen LogP contribution in [0.2, 0.25) is 0 Å². The summed E-state index contributed by atoms with van der Waals surface area (Å²) < 4.78 is 2.41. The zero-order valence-electron chi connectivity index (χ0n) is 11.6. The van der Waals surface area contributed by atoms with E-state index >= 15 is 0 Å². The van der Waals surface area contributed by atoms with Crippen LogP contribution in [0.1, 0.15) is 41.1 Å². The van der Waals surface area contributed by atoms with Crippen molar-refractivity contribution in [1.29, 1.82) is 0 Å². The molecule has 1 atom stereocenters. The summed E-state index contributed by atoms with van der Waals surface area (Å²) in [5.74, 6) is 0.547. The van der Waals surface area contributed by atoms with E-state index in [1.165, 1.54) is 47.0 Å². The molecule has 18 heavy (non-hydrogen) atoms. The van der Waals surface area contributed by atoms with E-state index in [9.17, 15) is 0 Å². The number of nitrogens with two attached hydrogens (primary N) is 1. The van der Waals surface area contributed by atoms with Crippen LogP contribution in [-0.4, -0.2) is 11.1 Å².